The first-order valence-corrected chi connectivity index (χ1v) is 6.51. The molecule has 0 radical (unpaired) electrons. The van der Waals surface area contributed by atoms with Crippen LogP contribution in [0.15, 0.2) is 47.5 Å². The van der Waals surface area contributed by atoms with Crippen LogP contribution in [0.25, 0.3) is 0 Å². The number of fused-ring (bicyclic) bond motifs is 1. The van der Waals surface area contributed by atoms with Gasteiger partial charge in [-0.1, -0.05) is 18.2 Å². The van der Waals surface area contributed by atoms with E-state index in [1.807, 2.05) is 0 Å². The quantitative estimate of drug-likeness (QED) is 0.910. The van der Waals surface area contributed by atoms with Gasteiger partial charge in [0.05, 0.1) is 17.8 Å². The van der Waals surface area contributed by atoms with Crippen molar-refractivity contribution in [2.24, 2.45) is 10.7 Å². The minimum absolute atomic E-state index is 0.292. The van der Waals surface area contributed by atoms with Crippen LogP contribution >= 0.6 is 0 Å². The molecule has 1 heterocycles. The molecule has 0 fully saturated rings. The number of benzene rings is 2. The van der Waals surface area contributed by atoms with Crippen LogP contribution in [0.1, 0.15) is 32.6 Å². The molecule has 0 aromatic heterocycles. The first-order chi connectivity index (χ1) is 10.4. The average molecular weight is 304 g/mol. The van der Waals surface area contributed by atoms with Crippen molar-refractivity contribution in [1.82, 2.24) is 0 Å². The van der Waals surface area contributed by atoms with Crippen molar-refractivity contribution < 1.29 is 18.0 Å². The fourth-order valence-corrected chi connectivity index (χ4v) is 2.43. The number of rotatable bonds is 2. The highest BCUT2D eigenvalue weighted by molar-refractivity contribution is 6.16. The molecule has 0 saturated carbocycles. The van der Waals surface area contributed by atoms with Gasteiger partial charge in [-0.2, -0.15) is 13.2 Å². The molecule has 1 aliphatic rings. The summed E-state index contributed by atoms with van der Waals surface area (Å²) < 4.78 is 38.6. The molecule has 2 N–H and O–H groups in total. The van der Waals surface area contributed by atoms with E-state index in [4.69, 9.17) is 5.73 Å². The summed E-state index contributed by atoms with van der Waals surface area (Å²) in [6.45, 7) is 0.323. The fourth-order valence-electron chi connectivity index (χ4n) is 2.43. The average Bonchev–Trinajstić information content (AvgIpc) is 2.89. The number of carbonyl (C=O) groups excluding carboxylic acids is 1. The van der Waals surface area contributed by atoms with Gasteiger partial charge < -0.3 is 5.73 Å². The number of hydrogen-bond donors (Lipinski definition) is 1. The Hall–Kier alpha value is -2.63. The number of halogens is 3. The summed E-state index contributed by atoms with van der Waals surface area (Å²) in [5.74, 6) is -0.593. The summed E-state index contributed by atoms with van der Waals surface area (Å²) >= 11 is 0. The maximum Gasteiger partial charge on any atom is 0.416 e. The number of aliphatic imine (C=N–C) groups is 1. The molecule has 0 aliphatic carbocycles. The van der Waals surface area contributed by atoms with Gasteiger partial charge in [0.25, 0.3) is 0 Å². The monoisotopic (exact) mass is 304 g/mol. The summed E-state index contributed by atoms with van der Waals surface area (Å²) in [7, 11) is 0. The number of nitrogens with two attached hydrogens (primary N) is 1. The molecule has 0 bridgehead atoms. The number of carbonyl (C=O) groups is 1. The maximum atomic E-state index is 12.9. The van der Waals surface area contributed by atoms with Crippen LogP contribution in [0.3, 0.4) is 0 Å². The topological polar surface area (TPSA) is 55.5 Å². The third-order valence-electron chi connectivity index (χ3n) is 3.52. The standard InChI is InChI=1S/C16H11F3N2O/c17-16(18,19)12-5-4-11-8-21-14(13(11)7-12)9-2-1-3-10(6-9)15(20)22/h1-7H,8H2,(H2,20,22). The minimum Gasteiger partial charge on any atom is -0.366 e. The van der Waals surface area contributed by atoms with Crippen molar-refractivity contribution in [3.63, 3.8) is 0 Å². The van der Waals surface area contributed by atoms with E-state index in [2.05, 4.69) is 4.99 Å². The van der Waals surface area contributed by atoms with E-state index >= 15 is 0 Å². The molecule has 1 amide bonds. The Morgan fingerprint density at radius 3 is 2.59 bits per heavy atom. The van der Waals surface area contributed by atoms with E-state index in [1.165, 1.54) is 12.1 Å². The second-order valence-electron chi connectivity index (χ2n) is 4.98. The third-order valence-corrected chi connectivity index (χ3v) is 3.52. The lowest BCUT2D eigenvalue weighted by molar-refractivity contribution is -0.137. The summed E-state index contributed by atoms with van der Waals surface area (Å²) in [5, 5.41) is 0. The normalized spacial score (nSPS) is 13.7. The fraction of sp³-hybridized carbons (Fsp3) is 0.125. The number of amides is 1. The zero-order valence-electron chi connectivity index (χ0n) is 11.3. The summed E-state index contributed by atoms with van der Waals surface area (Å²) in [4.78, 5) is 15.5. The predicted molar refractivity (Wildman–Crippen MR) is 75.7 cm³/mol. The Balaban J connectivity index is 2.07. The van der Waals surface area contributed by atoms with Gasteiger partial charge in [-0.15, -0.1) is 0 Å². The molecule has 0 saturated heterocycles. The van der Waals surface area contributed by atoms with Gasteiger partial charge in [-0.25, -0.2) is 0 Å². The Kier molecular flexibility index (Phi) is 3.24. The summed E-state index contributed by atoms with van der Waals surface area (Å²) in [5.41, 5.74) is 7.00. The molecule has 3 rings (SSSR count). The highest BCUT2D eigenvalue weighted by Crippen LogP contribution is 2.33. The first-order valence-electron chi connectivity index (χ1n) is 6.51. The molecule has 1 aliphatic heterocycles. The number of primary amides is 1. The van der Waals surface area contributed by atoms with Crippen LogP contribution in [0.5, 0.6) is 0 Å². The van der Waals surface area contributed by atoms with Crippen molar-refractivity contribution in [3.05, 3.63) is 70.3 Å². The van der Waals surface area contributed by atoms with Crippen LogP contribution in [0.2, 0.25) is 0 Å². The number of alkyl halides is 3. The van der Waals surface area contributed by atoms with Gasteiger partial charge in [-0.3, -0.25) is 9.79 Å². The minimum atomic E-state index is -4.40. The molecule has 22 heavy (non-hydrogen) atoms. The Morgan fingerprint density at radius 1 is 1.14 bits per heavy atom. The molecule has 2 aromatic rings. The van der Waals surface area contributed by atoms with Crippen molar-refractivity contribution >= 4 is 11.6 Å². The lowest BCUT2D eigenvalue weighted by Crippen LogP contribution is -2.12. The number of nitrogens with zero attached hydrogens (tertiary/aromatic N) is 1. The predicted octanol–water partition coefficient (Wildman–Crippen LogP) is 3.16. The van der Waals surface area contributed by atoms with Crippen molar-refractivity contribution in [2.45, 2.75) is 12.7 Å². The van der Waals surface area contributed by atoms with Gasteiger partial charge in [0.1, 0.15) is 0 Å². The van der Waals surface area contributed by atoms with E-state index in [1.54, 1.807) is 18.2 Å². The molecular weight excluding hydrogens is 293 g/mol. The van der Waals surface area contributed by atoms with Crippen molar-refractivity contribution in [1.29, 1.82) is 0 Å². The van der Waals surface area contributed by atoms with E-state index in [0.29, 0.717) is 28.9 Å². The largest absolute Gasteiger partial charge is 0.416 e. The lowest BCUT2D eigenvalue weighted by Gasteiger charge is -2.10. The molecule has 2 aromatic carbocycles. The summed E-state index contributed by atoms with van der Waals surface area (Å²) in [6, 6.07) is 10.00. The third kappa shape index (κ3) is 2.47. The molecule has 112 valence electrons. The molecular formula is C16H11F3N2O. The van der Waals surface area contributed by atoms with E-state index in [0.717, 1.165) is 17.7 Å². The van der Waals surface area contributed by atoms with Crippen LogP contribution in [-0.4, -0.2) is 11.6 Å². The summed E-state index contributed by atoms with van der Waals surface area (Å²) in [6.07, 6.45) is -4.40. The van der Waals surface area contributed by atoms with E-state index in [9.17, 15) is 18.0 Å². The van der Waals surface area contributed by atoms with Crippen molar-refractivity contribution in [3.8, 4) is 0 Å². The van der Waals surface area contributed by atoms with Gasteiger partial charge in [0.2, 0.25) is 5.91 Å². The second-order valence-corrected chi connectivity index (χ2v) is 4.98. The Labute approximate surface area is 124 Å². The van der Waals surface area contributed by atoms with Crippen LogP contribution in [0, 0.1) is 0 Å². The second kappa shape index (κ2) is 4.98. The molecule has 6 heteroatoms. The Bertz CT molecular complexity index is 794. The van der Waals surface area contributed by atoms with Crippen molar-refractivity contribution in [2.75, 3.05) is 0 Å². The molecule has 0 spiro atoms. The van der Waals surface area contributed by atoms with Gasteiger partial charge >= 0.3 is 6.18 Å². The SMILES string of the molecule is NC(=O)c1cccc(C2=NCc3ccc(C(F)(F)F)cc32)c1. The van der Waals surface area contributed by atoms with Crippen LogP contribution < -0.4 is 5.73 Å². The highest BCUT2D eigenvalue weighted by atomic mass is 19.4. The van der Waals surface area contributed by atoms with Crippen LogP contribution in [-0.2, 0) is 12.7 Å². The first kappa shape index (κ1) is 14.3. The van der Waals surface area contributed by atoms with Gasteiger partial charge in [-0.05, 0) is 29.8 Å². The molecule has 0 unspecified atom stereocenters. The van der Waals surface area contributed by atoms with E-state index in [-0.39, 0.29) is 0 Å². The molecule has 3 nitrogen and oxygen atoms in total. The van der Waals surface area contributed by atoms with E-state index < -0.39 is 17.6 Å². The van der Waals surface area contributed by atoms with Gasteiger partial charge in [0.15, 0.2) is 0 Å². The van der Waals surface area contributed by atoms with Gasteiger partial charge in [0, 0.05) is 16.7 Å². The Morgan fingerprint density at radius 2 is 1.91 bits per heavy atom. The zero-order valence-corrected chi connectivity index (χ0v) is 11.3. The highest BCUT2D eigenvalue weighted by Gasteiger charge is 2.32. The molecule has 0 atom stereocenters. The number of hydrogen-bond acceptors (Lipinski definition) is 2. The maximum absolute atomic E-state index is 12.9. The zero-order chi connectivity index (χ0) is 15.9. The van der Waals surface area contributed by atoms with Crippen LogP contribution in [0.4, 0.5) is 13.2 Å². The smallest absolute Gasteiger partial charge is 0.366 e. The lowest BCUT2D eigenvalue weighted by atomic mass is 9.96.